The Morgan fingerprint density at radius 3 is 2.47 bits per heavy atom. The minimum absolute atomic E-state index is 0.570. The molecule has 0 spiro atoms. The zero-order chi connectivity index (χ0) is 12.3. The Bertz CT molecular complexity index is 494. The summed E-state index contributed by atoms with van der Waals surface area (Å²) in [5.74, 6) is 0.686. The van der Waals surface area contributed by atoms with E-state index in [0.29, 0.717) is 17.9 Å². The molecular weight excluding hydrogens is 212 g/mol. The van der Waals surface area contributed by atoms with E-state index in [-0.39, 0.29) is 0 Å². The number of aliphatic hydroxyl groups is 1. The maximum Gasteiger partial charge on any atom is 0.125 e. The standard InChI is InChI=1S/C14H16N2O/c1-10-3-5-12(6-4-10)9-14(17)13-7-8-15-11(2)16-13/h3-8,14,17H,9H2,1-2H3. The van der Waals surface area contributed by atoms with Gasteiger partial charge < -0.3 is 5.11 Å². The average Bonchev–Trinajstić information content (AvgIpc) is 2.32. The average molecular weight is 228 g/mol. The third kappa shape index (κ3) is 3.11. The predicted molar refractivity (Wildman–Crippen MR) is 66.6 cm³/mol. The minimum Gasteiger partial charge on any atom is -0.386 e. The minimum atomic E-state index is -0.570. The summed E-state index contributed by atoms with van der Waals surface area (Å²) < 4.78 is 0. The summed E-state index contributed by atoms with van der Waals surface area (Å²) in [5, 5.41) is 10.1. The molecule has 0 saturated heterocycles. The van der Waals surface area contributed by atoms with Crippen molar-refractivity contribution in [2.45, 2.75) is 26.4 Å². The summed E-state index contributed by atoms with van der Waals surface area (Å²) >= 11 is 0. The van der Waals surface area contributed by atoms with Crippen molar-refractivity contribution in [2.75, 3.05) is 0 Å². The molecule has 0 aliphatic rings. The van der Waals surface area contributed by atoms with Crippen LogP contribution in [0, 0.1) is 13.8 Å². The SMILES string of the molecule is Cc1ccc(CC(O)c2ccnc(C)n2)cc1. The molecule has 1 N–H and O–H groups in total. The third-order valence-electron chi connectivity index (χ3n) is 2.69. The number of rotatable bonds is 3. The number of nitrogens with zero attached hydrogens (tertiary/aromatic N) is 2. The molecule has 0 fully saturated rings. The molecule has 88 valence electrons. The predicted octanol–water partition coefficient (Wildman–Crippen LogP) is 2.37. The number of benzene rings is 1. The van der Waals surface area contributed by atoms with Gasteiger partial charge in [0.1, 0.15) is 11.9 Å². The van der Waals surface area contributed by atoms with E-state index in [1.54, 1.807) is 12.3 Å². The molecule has 2 rings (SSSR count). The van der Waals surface area contributed by atoms with E-state index in [4.69, 9.17) is 0 Å². The van der Waals surface area contributed by atoms with Gasteiger partial charge in [-0.1, -0.05) is 29.8 Å². The molecule has 3 nitrogen and oxygen atoms in total. The summed E-state index contributed by atoms with van der Waals surface area (Å²) in [6, 6.07) is 9.92. The Labute approximate surface area is 101 Å². The van der Waals surface area contributed by atoms with Crippen molar-refractivity contribution in [1.29, 1.82) is 0 Å². The second kappa shape index (κ2) is 5.06. The highest BCUT2D eigenvalue weighted by Gasteiger charge is 2.10. The van der Waals surface area contributed by atoms with Crippen LogP contribution in [0.2, 0.25) is 0 Å². The largest absolute Gasteiger partial charge is 0.386 e. The molecule has 1 unspecified atom stereocenters. The molecule has 3 heteroatoms. The maximum atomic E-state index is 10.1. The second-order valence-corrected chi connectivity index (χ2v) is 4.23. The van der Waals surface area contributed by atoms with Crippen LogP contribution in [-0.4, -0.2) is 15.1 Å². The van der Waals surface area contributed by atoms with Gasteiger partial charge in [-0.2, -0.15) is 0 Å². The van der Waals surface area contributed by atoms with Gasteiger partial charge in [-0.25, -0.2) is 9.97 Å². The van der Waals surface area contributed by atoms with Gasteiger partial charge in [-0.3, -0.25) is 0 Å². The highest BCUT2D eigenvalue weighted by Crippen LogP contribution is 2.16. The van der Waals surface area contributed by atoms with Crippen molar-refractivity contribution in [3.8, 4) is 0 Å². The highest BCUT2D eigenvalue weighted by atomic mass is 16.3. The number of aromatic nitrogens is 2. The number of aryl methyl sites for hydroxylation is 2. The van der Waals surface area contributed by atoms with Gasteiger partial charge >= 0.3 is 0 Å². The van der Waals surface area contributed by atoms with Crippen LogP contribution in [0.25, 0.3) is 0 Å². The Kier molecular flexibility index (Phi) is 3.49. The van der Waals surface area contributed by atoms with E-state index in [2.05, 4.69) is 9.97 Å². The van der Waals surface area contributed by atoms with Gasteiger partial charge in [0.2, 0.25) is 0 Å². The van der Waals surface area contributed by atoms with E-state index in [9.17, 15) is 5.11 Å². The van der Waals surface area contributed by atoms with Crippen molar-refractivity contribution in [2.24, 2.45) is 0 Å². The first-order valence-corrected chi connectivity index (χ1v) is 5.68. The van der Waals surface area contributed by atoms with Gasteiger partial charge in [-0.05, 0) is 25.5 Å². The first-order valence-electron chi connectivity index (χ1n) is 5.68. The highest BCUT2D eigenvalue weighted by molar-refractivity contribution is 5.23. The van der Waals surface area contributed by atoms with Crippen LogP contribution < -0.4 is 0 Å². The van der Waals surface area contributed by atoms with Gasteiger partial charge in [-0.15, -0.1) is 0 Å². The van der Waals surface area contributed by atoms with Crippen LogP contribution in [0.1, 0.15) is 28.7 Å². The fourth-order valence-corrected chi connectivity index (χ4v) is 1.71. The summed E-state index contributed by atoms with van der Waals surface area (Å²) in [6.45, 7) is 3.87. The van der Waals surface area contributed by atoms with E-state index in [1.165, 1.54) is 5.56 Å². The summed E-state index contributed by atoms with van der Waals surface area (Å²) in [7, 11) is 0. The lowest BCUT2D eigenvalue weighted by Crippen LogP contribution is -2.05. The van der Waals surface area contributed by atoms with E-state index < -0.39 is 6.10 Å². The van der Waals surface area contributed by atoms with Crippen molar-refractivity contribution in [3.05, 3.63) is 59.2 Å². The third-order valence-corrected chi connectivity index (χ3v) is 2.69. The Morgan fingerprint density at radius 2 is 1.82 bits per heavy atom. The van der Waals surface area contributed by atoms with Crippen molar-refractivity contribution in [1.82, 2.24) is 9.97 Å². The van der Waals surface area contributed by atoms with Crippen molar-refractivity contribution >= 4 is 0 Å². The maximum absolute atomic E-state index is 10.1. The second-order valence-electron chi connectivity index (χ2n) is 4.23. The smallest absolute Gasteiger partial charge is 0.125 e. The molecular formula is C14H16N2O. The lowest BCUT2D eigenvalue weighted by atomic mass is 10.0. The van der Waals surface area contributed by atoms with Gasteiger partial charge in [0.25, 0.3) is 0 Å². The Balaban J connectivity index is 2.11. The quantitative estimate of drug-likeness (QED) is 0.877. The van der Waals surface area contributed by atoms with Crippen LogP contribution in [-0.2, 0) is 6.42 Å². The molecule has 1 heterocycles. The fraction of sp³-hybridized carbons (Fsp3) is 0.286. The lowest BCUT2D eigenvalue weighted by Gasteiger charge is -2.10. The Hall–Kier alpha value is -1.74. The van der Waals surface area contributed by atoms with Gasteiger partial charge in [0.15, 0.2) is 0 Å². The molecule has 1 atom stereocenters. The van der Waals surface area contributed by atoms with Gasteiger partial charge in [0, 0.05) is 12.6 Å². The van der Waals surface area contributed by atoms with Crippen LogP contribution >= 0.6 is 0 Å². The molecule has 0 saturated carbocycles. The van der Waals surface area contributed by atoms with Crippen molar-refractivity contribution < 1.29 is 5.11 Å². The van der Waals surface area contributed by atoms with Crippen molar-refractivity contribution in [3.63, 3.8) is 0 Å². The number of hydrogen-bond acceptors (Lipinski definition) is 3. The van der Waals surface area contributed by atoms with Crippen LogP contribution in [0.5, 0.6) is 0 Å². The first kappa shape index (κ1) is 11.7. The Morgan fingerprint density at radius 1 is 1.12 bits per heavy atom. The number of hydrogen-bond donors (Lipinski definition) is 1. The topological polar surface area (TPSA) is 46.0 Å². The molecule has 17 heavy (non-hydrogen) atoms. The van der Waals surface area contributed by atoms with Crippen LogP contribution in [0.15, 0.2) is 36.5 Å². The first-order chi connectivity index (χ1) is 8.15. The molecule has 1 aromatic heterocycles. The molecule has 1 aromatic carbocycles. The molecule has 0 aliphatic carbocycles. The van der Waals surface area contributed by atoms with Gasteiger partial charge in [0.05, 0.1) is 5.69 Å². The summed E-state index contributed by atoms with van der Waals surface area (Å²) in [4.78, 5) is 8.24. The van der Waals surface area contributed by atoms with Crippen LogP contribution in [0.4, 0.5) is 0 Å². The van der Waals surface area contributed by atoms with Crippen LogP contribution in [0.3, 0.4) is 0 Å². The lowest BCUT2D eigenvalue weighted by molar-refractivity contribution is 0.173. The summed E-state index contributed by atoms with van der Waals surface area (Å²) in [5.41, 5.74) is 3.01. The van der Waals surface area contributed by atoms with E-state index in [0.717, 1.165) is 5.56 Å². The number of aliphatic hydroxyl groups excluding tert-OH is 1. The monoisotopic (exact) mass is 228 g/mol. The molecule has 0 amide bonds. The molecule has 0 bridgehead atoms. The van der Waals surface area contributed by atoms with E-state index >= 15 is 0 Å². The molecule has 0 aliphatic heterocycles. The molecule has 0 radical (unpaired) electrons. The zero-order valence-electron chi connectivity index (χ0n) is 10.1. The normalized spacial score (nSPS) is 12.4. The summed E-state index contributed by atoms with van der Waals surface area (Å²) in [6.07, 6.45) is 1.69. The zero-order valence-corrected chi connectivity index (χ0v) is 10.1. The van der Waals surface area contributed by atoms with E-state index in [1.807, 2.05) is 38.1 Å². The fourth-order valence-electron chi connectivity index (χ4n) is 1.71. The molecule has 2 aromatic rings.